The molecular formula is C29H53O10P17. The summed E-state index contributed by atoms with van der Waals surface area (Å²) < 4.78 is 33.8. The summed E-state index contributed by atoms with van der Waals surface area (Å²) in [7, 11) is 24.3. The first-order chi connectivity index (χ1) is 26.0. The molecule has 5 rings (SSSR count). The smallest absolute Gasteiger partial charge is 0.338 e. The first-order valence-corrected chi connectivity index (χ1v) is 46.5. The quantitative estimate of drug-likeness (QED) is 0.112. The van der Waals surface area contributed by atoms with Crippen molar-refractivity contribution in [3.63, 3.8) is 0 Å². The maximum atomic E-state index is 16.5. The molecule has 314 valence electrons. The van der Waals surface area contributed by atoms with Crippen LogP contribution in [0.4, 0.5) is 0 Å². The zero-order valence-corrected chi connectivity index (χ0v) is 49.1. The summed E-state index contributed by atoms with van der Waals surface area (Å²) in [6.07, 6.45) is -5.44. The van der Waals surface area contributed by atoms with E-state index in [1.54, 1.807) is 37.3 Å². The van der Waals surface area contributed by atoms with Crippen molar-refractivity contribution in [1.82, 2.24) is 0 Å². The summed E-state index contributed by atoms with van der Waals surface area (Å²) in [5.41, 5.74) is -5.10. The van der Waals surface area contributed by atoms with Gasteiger partial charge in [0.25, 0.3) is 0 Å². The number of rotatable bonds is 13. The van der Waals surface area contributed by atoms with Gasteiger partial charge in [-0.05, 0) is 65.1 Å². The second kappa shape index (κ2) is 20.7. The molecule has 1 aromatic carbocycles. The molecule has 0 spiro atoms. The third-order valence-corrected chi connectivity index (χ3v) is 81.0. The van der Waals surface area contributed by atoms with Crippen LogP contribution < -0.4 is 0 Å². The summed E-state index contributed by atoms with van der Waals surface area (Å²) in [6.45, 7) is 4.87. The minimum absolute atomic E-state index is 0.0863. The highest BCUT2D eigenvalue weighted by Crippen LogP contribution is 3.09. The van der Waals surface area contributed by atoms with Crippen molar-refractivity contribution < 1.29 is 47.9 Å². The van der Waals surface area contributed by atoms with Crippen molar-refractivity contribution in [3.8, 4) is 0 Å². The van der Waals surface area contributed by atoms with Crippen molar-refractivity contribution in [1.29, 1.82) is 0 Å². The average Bonchev–Trinajstić information content (AvgIpc) is 3.10. The van der Waals surface area contributed by atoms with Gasteiger partial charge in [-0.25, -0.2) is 4.79 Å². The Hall–Kier alpha value is 4.68. The SMILES string of the molecule is CC(=O)O[C@@]12CO[C@@H]1C[C@H](OP(P(P)P)P(P)P)[C@@]1(C)C(=O)[C@H](OP(P(P)P)P(PP)P(P)P)C3=C(C)[C@@H](O)C[C@@](O)([C@@H](OC(=O)c4ccccc4)[C@H]21)C3(C)C. The summed E-state index contributed by atoms with van der Waals surface area (Å²) in [4.78, 5) is 44.1. The van der Waals surface area contributed by atoms with Gasteiger partial charge in [0.2, 0.25) is 0 Å². The molecular weight excluding hydrogens is 1030 g/mol. The lowest BCUT2D eigenvalue weighted by Gasteiger charge is -2.68. The number of ketones is 1. The Balaban J connectivity index is 1.89. The molecule has 1 heterocycles. The second-order valence-corrected chi connectivity index (χ2v) is 72.9. The fourth-order valence-corrected chi connectivity index (χ4v) is 108. The molecule has 10 nitrogen and oxygen atoms in total. The molecule has 0 amide bonds. The van der Waals surface area contributed by atoms with Gasteiger partial charge < -0.3 is 33.5 Å². The van der Waals surface area contributed by atoms with Gasteiger partial charge in [-0.15, -0.1) is 80.4 Å². The number of hydrogen-bond donors (Lipinski definition) is 2. The van der Waals surface area contributed by atoms with E-state index >= 15 is 4.79 Å². The van der Waals surface area contributed by atoms with Gasteiger partial charge >= 0.3 is 11.9 Å². The Labute approximate surface area is 361 Å². The van der Waals surface area contributed by atoms with E-state index in [2.05, 4.69) is 80.4 Å². The van der Waals surface area contributed by atoms with E-state index in [4.69, 9.17) is 23.3 Å². The second-order valence-electron chi connectivity index (χ2n) is 14.8. The number of aliphatic hydroxyl groups excluding tert-OH is 1. The van der Waals surface area contributed by atoms with Crippen LogP contribution >= 0.6 is 138 Å². The predicted octanol–water partition coefficient (Wildman–Crippen LogP) is 11.6. The van der Waals surface area contributed by atoms with E-state index in [-0.39, 0.29) is 30.8 Å². The molecule has 2 N–H and O–H groups in total. The van der Waals surface area contributed by atoms with E-state index in [0.29, 0.717) is 19.1 Å². The maximum Gasteiger partial charge on any atom is 0.338 e. The normalized spacial score (nSPS) is 35.3. The van der Waals surface area contributed by atoms with Crippen LogP contribution in [0.5, 0.6) is 0 Å². The zero-order chi connectivity index (χ0) is 41.9. The summed E-state index contributed by atoms with van der Waals surface area (Å²) in [6, 6.07) is 8.48. The number of fused-ring (bicyclic) bond motifs is 5. The molecule has 3 fully saturated rings. The van der Waals surface area contributed by atoms with Crippen LogP contribution in [0.1, 0.15) is 57.8 Å². The molecule has 0 aromatic heterocycles. The molecule has 56 heavy (non-hydrogen) atoms. The average molecular weight is 1090 g/mol. The number of hydrogen-bond acceptors (Lipinski definition) is 10. The monoisotopic (exact) mass is 1090 g/mol. The molecule has 1 saturated heterocycles. The van der Waals surface area contributed by atoms with Crippen molar-refractivity contribution in [2.75, 3.05) is 6.61 Å². The lowest BCUT2D eigenvalue weighted by Crippen LogP contribution is -2.81. The largest absolute Gasteiger partial charge is 0.455 e. The van der Waals surface area contributed by atoms with E-state index in [1.807, 2.05) is 20.8 Å². The van der Waals surface area contributed by atoms with Crippen LogP contribution in [0.3, 0.4) is 0 Å². The van der Waals surface area contributed by atoms with Crippen LogP contribution in [-0.2, 0) is 32.8 Å². The number of aliphatic hydroxyl groups is 2. The van der Waals surface area contributed by atoms with Gasteiger partial charge in [-0.2, -0.15) is 0 Å². The highest BCUT2D eigenvalue weighted by atomic mass is 33.1. The molecule has 1 aromatic rings. The van der Waals surface area contributed by atoms with E-state index in [9.17, 15) is 19.8 Å². The third kappa shape index (κ3) is 9.73. The van der Waals surface area contributed by atoms with Crippen molar-refractivity contribution in [2.24, 2.45) is 16.7 Å². The van der Waals surface area contributed by atoms with Gasteiger partial charge in [-0.1, -0.05) is 40.0 Å². The minimum atomic E-state index is -2.00. The molecule has 4 aliphatic rings. The third-order valence-electron chi connectivity index (χ3n) is 11.4. The summed E-state index contributed by atoms with van der Waals surface area (Å²) in [5.74, 6) is -2.81. The van der Waals surface area contributed by atoms with Crippen molar-refractivity contribution in [3.05, 3.63) is 47.0 Å². The number of carbonyl (C=O) groups excluding carboxylic acids is 3. The van der Waals surface area contributed by atoms with E-state index in [1.165, 1.54) is 6.92 Å². The first kappa shape index (κ1) is 51.7. The lowest BCUT2D eigenvalue weighted by atomic mass is 9.44. The van der Waals surface area contributed by atoms with E-state index < -0.39 is 120 Å². The molecule has 1 aliphatic heterocycles. The summed E-state index contributed by atoms with van der Waals surface area (Å²) in [5, 5.41) is 25.7. The van der Waals surface area contributed by atoms with Gasteiger partial charge in [0.05, 0.1) is 50.8 Å². The fraction of sp³-hybridized carbons (Fsp3) is 0.621. The van der Waals surface area contributed by atoms with Crippen LogP contribution in [0.2, 0.25) is 0 Å². The molecule has 2 saturated carbocycles. The Morgan fingerprint density at radius 1 is 0.929 bits per heavy atom. The highest BCUT2D eigenvalue weighted by molar-refractivity contribution is 9.10. The van der Waals surface area contributed by atoms with Crippen LogP contribution in [0, 0.1) is 16.7 Å². The number of benzene rings is 1. The number of carbonyl (C=O) groups is 3. The van der Waals surface area contributed by atoms with Crippen LogP contribution in [-0.4, -0.2) is 76.3 Å². The number of ether oxygens (including phenoxy) is 3. The Bertz CT molecular complexity index is 1670. The fourth-order valence-electron chi connectivity index (χ4n) is 8.70. The van der Waals surface area contributed by atoms with Crippen LogP contribution in [0.25, 0.3) is 0 Å². The standard InChI is InChI=1S/C29H53O10P17/c1-14-17(31)12-29(34)24(36-25(33)16-9-7-6-8-10-16)22-27(5,18(38-50(52(41)42)53(43)44)11-19-28(22,13-35-19)37-15(2)30)23(32)21(20(14)26(29,3)4)39-51(54(45)46)56(49-40)55(47)48/h6-10,17-19,21-22,24,31,34,49H,11-13,40-48H2,1-5H3/t17-,18-,19+,21+,22-,24-,27+,28-,29+,51?,56?/m0/s1. The molecule has 27 heteroatoms. The van der Waals surface area contributed by atoms with Gasteiger partial charge in [-0.3, -0.25) is 9.59 Å². The Morgan fingerprint density at radius 2 is 1.52 bits per heavy atom. The topological polar surface area (TPSA) is 138 Å². The molecule has 3 aliphatic carbocycles. The molecule has 21 atom stereocenters. The Morgan fingerprint density at radius 3 is 2.00 bits per heavy atom. The zero-order valence-electron chi connectivity index (χ0n) is 31.5. The van der Waals surface area contributed by atoms with Crippen molar-refractivity contribution >= 4 is 156 Å². The molecule has 0 radical (unpaired) electrons. The minimum Gasteiger partial charge on any atom is -0.455 e. The van der Waals surface area contributed by atoms with Crippen LogP contribution in [0.15, 0.2) is 41.5 Å². The lowest BCUT2D eigenvalue weighted by molar-refractivity contribution is -0.343. The maximum absolute atomic E-state index is 16.5. The number of esters is 2. The van der Waals surface area contributed by atoms with Gasteiger partial charge in [0.1, 0.15) is 23.9 Å². The van der Waals surface area contributed by atoms with Gasteiger partial charge in [0, 0.05) is 32.2 Å². The predicted molar refractivity (Wildman–Crippen MR) is 277 cm³/mol. The summed E-state index contributed by atoms with van der Waals surface area (Å²) >= 11 is 0. The van der Waals surface area contributed by atoms with E-state index in [0.717, 1.165) is 0 Å². The first-order valence-electron chi connectivity index (χ1n) is 17.1. The highest BCUT2D eigenvalue weighted by Gasteiger charge is 2.78. The Kier molecular flexibility index (Phi) is 19.1. The molecule has 12 unspecified atom stereocenters. The number of Topliss-reactive ketones (excluding diaryl/α,β-unsaturated/α-hetero) is 1. The van der Waals surface area contributed by atoms with Gasteiger partial charge in [0.15, 0.2) is 11.4 Å². The molecule has 2 bridgehead atoms. The van der Waals surface area contributed by atoms with Crippen molar-refractivity contribution in [2.45, 2.75) is 89.2 Å².